The van der Waals surface area contributed by atoms with Gasteiger partial charge in [0.15, 0.2) is 0 Å². The molecule has 1 unspecified atom stereocenters. The van der Waals surface area contributed by atoms with Crippen molar-refractivity contribution < 1.29 is 0 Å². The average Bonchev–Trinajstić information content (AvgIpc) is 2.49. The molecule has 1 nitrogen and oxygen atoms in total. The lowest BCUT2D eigenvalue weighted by atomic mass is 9.91. The van der Waals surface area contributed by atoms with E-state index < -0.39 is 0 Å². The van der Waals surface area contributed by atoms with Crippen LogP contribution in [0.3, 0.4) is 0 Å². The summed E-state index contributed by atoms with van der Waals surface area (Å²) >= 11 is 0. The molecule has 0 amide bonds. The molecular weight excluding hydrogens is 242 g/mol. The quantitative estimate of drug-likeness (QED) is 0.845. The third kappa shape index (κ3) is 3.10. The first-order valence-corrected chi connectivity index (χ1v) is 7.55. The standard InChI is InChI=1S/C19H25N/c1-5-15-9-12-16(6-2)18(13-15)19(20-4)17-10-7-14(3)8-11-17/h7-13,19-20H,5-6H2,1-4H3. The summed E-state index contributed by atoms with van der Waals surface area (Å²) in [6, 6.07) is 16.0. The Labute approximate surface area is 123 Å². The Morgan fingerprint density at radius 2 is 1.65 bits per heavy atom. The number of aryl methyl sites for hydroxylation is 3. The van der Waals surface area contributed by atoms with Gasteiger partial charge < -0.3 is 5.32 Å². The first kappa shape index (κ1) is 14.8. The predicted molar refractivity (Wildman–Crippen MR) is 87.3 cm³/mol. The van der Waals surface area contributed by atoms with Crippen LogP contribution in [-0.2, 0) is 12.8 Å². The van der Waals surface area contributed by atoms with E-state index in [-0.39, 0.29) is 6.04 Å². The second-order valence-corrected chi connectivity index (χ2v) is 5.37. The van der Waals surface area contributed by atoms with Crippen molar-refractivity contribution in [2.24, 2.45) is 0 Å². The Morgan fingerprint density at radius 3 is 2.20 bits per heavy atom. The van der Waals surface area contributed by atoms with Crippen molar-refractivity contribution in [3.63, 3.8) is 0 Å². The number of benzene rings is 2. The van der Waals surface area contributed by atoms with Gasteiger partial charge in [-0.2, -0.15) is 0 Å². The van der Waals surface area contributed by atoms with Gasteiger partial charge in [-0.05, 0) is 49.1 Å². The molecule has 0 aromatic heterocycles. The Kier molecular flexibility index (Phi) is 4.97. The molecule has 0 aliphatic heterocycles. The molecule has 0 heterocycles. The van der Waals surface area contributed by atoms with Gasteiger partial charge in [-0.25, -0.2) is 0 Å². The monoisotopic (exact) mass is 267 g/mol. The van der Waals surface area contributed by atoms with E-state index >= 15 is 0 Å². The molecular formula is C19H25N. The largest absolute Gasteiger partial charge is 0.309 e. The maximum atomic E-state index is 3.48. The van der Waals surface area contributed by atoms with Gasteiger partial charge in [0.05, 0.1) is 6.04 Å². The SMILES string of the molecule is CCc1ccc(CC)c(C(NC)c2ccc(C)cc2)c1. The van der Waals surface area contributed by atoms with Crippen molar-refractivity contribution >= 4 is 0 Å². The molecule has 1 heteroatoms. The third-order valence-corrected chi connectivity index (χ3v) is 4.01. The van der Waals surface area contributed by atoms with E-state index in [1.807, 2.05) is 7.05 Å². The molecule has 106 valence electrons. The normalized spacial score (nSPS) is 12.4. The van der Waals surface area contributed by atoms with Crippen LogP contribution in [0.15, 0.2) is 42.5 Å². The number of hydrogen-bond acceptors (Lipinski definition) is 1. The minimum Gasteiger partial charge on any atom is -0.309 e. The summed E-state index contributed by atoms with van der Waals surface area (Å²) in [5.74, 6) is 0. The van der Waals surface area contributed by atoms with Crippen LogP contribution in [0.4, 0.5) is 0 Å². The van der Waals surface area contributed by atoms with Crippen molar-refractivity contribution in [3.05, 3.63) is 70.3 Å². The van der Waals surface area contributed by atoms with E-state index in [9.17, 15) is 0 Å². The number of hydrogen-bond donors (Lipinski definition) is 1. The highest BCUT2D eigenvalue weighted by Crippen LogP contribution is 2.27. The number of nitrogens with one attached hydrogen (secondary N) is 1. The zero-order chi connectivity index (χ0) is 14.5. The lowest BCUT2D eigenvalue weighted by molar-refractivity contribution is 0.682. The molecule has 0 fully saturated rings. The molecule has 1 N–H and O–H groups in total. The fraction of sp³-hybridized carbons (Fsp3) is 0.368. The van der Waals surface area contributed by atoms with Crippen molar-refractivity contribution in [2.75, 3.05) is 7.05 Å². The Hall–Kier alpha value is -1.60. The van der Waals surface area contributed by atoms with Crippen LogP contribution < -0.4 is 5.32 Å². The summed E-state index contributed by atoms with van der Waals surface area (Å²) in [5.41, 5.74) is 6.90. The zero-order valence-electron chi connectivity index (χ0n) is 13.0. The molecule has 20 heavy (non-hydrogen) atoms. The Balaban J connectivity index is 2.47. The maximum absolute atomic E-state index is 3.48. The van der Waals surface area contributed by atoms with Crippen LogP contribution in [0, 0.1) is 6.92 Å². The Morgan fingerprint density at radius 1 is 0.950 bits per heavy atom. The van der Waals surface area contributed by atoms with Crippen molar-refractivity contribution in [1.29, 1.82) is 0 Å². The first-order valence-electron chi connectivity index (χ1n) is 7.55. The van der Waals surface area contributed by atoms with E-state index in [4.69, 9.17) is 0 Å². The predicted octanol–water partition coefficient (Wildman–Crippen LogP) is 4.43. The van der Waals surface area contributed by atoms with Crippen LogP contribution in [0.2, 0.25) is 0 Å². The van der Waals surface area contributed by atoms with Crippen LogP contribution in [0.5, 0.6) is 0 Å². The summed E-state index contributed by atoms with van der Waals surface area (Å²) in [4.78, 5) is 0. The fourth-order valence-corrected chi connectivity index (χ4v) is 2.72. The van der Waals surface area contributed by atoms with Gasteiger partial charge in [-0.1, -0.05) is 61.9 Å². The van der Waals surface area contributed by atoms with Gasteiger partial charge in [0.25, 0.3) is 0 Å². The van der Waals surface area contributed by atoms with Gasteiger partial charge in [-0.3, -0.25) is 0 Å². The van der Waals surface area contributed by atoms with Crippen LogP contribution >= 0.6 is 0 Å². The molecule has 2 rings (SSSR count). The highest BCUT2D eigenvalue weighted by Gasteiger charge is 2.15. The molecule has 0 saturated carbocycles. The molecule has 0 bridgehead atoms. The third-order valence-electron chi connectivity index (χ3n) is 4.01. The van der Waals surface area contributed by atoms with Gasteiger partial charge in [0.2, 0.25) is 0 Å². The lowest BCUT2D eigenvalue weighted by Crippen LogP contribution is -2.19. The second kappa shape index (κ2) is 6.71. The molecule has 1 atom stereocenters. The van der Waals surface area contributed by atoms with E-state index in [1.165, 1.54) is 27.8 Å². The number of rotatable bonds is 5. The van der Waals surface area contributed by atoms with E-state index in [0.717, 1.165) is 12.8 Å². The fourth-order valence-electron chi connectivity index (χ4n) is 2.72. The van der Waals surface area contributed by atoms with Crippen molar-refractivity contribution in [1.82, 2.24) is 5.32 Å². The molecule has 0 aliphatic carbocycles. The summed E-state index contributed by atoms with van der Waals surface area (Å²) in [7, 11) is 2.04. The molecule has 0 aliphatic rings. The van der Waals surface area contributed by atoms with E-state index in [1.54, 1.807) is 0 Å². The molecule has 2 aromatic rings. The second-order valence-electron chi connectivity index (χ2n) is 5.37. The van der Waals surface area contributed by atoms with Crippen LogP contribution in [0.25, 0.3) is 0 Å². The summed E-state index contributed by atoms with van der Waals surface area (Å²) in [6.07, 6.45) is 2.16. The molecule has 0 saturated heterocycles. The molecule has 0 spiro atoms. The zero-order valence-corrected chi connectivity index (χ0v) is 13.0. The minimum atomic E-state index is 0.275. The van der Waals surface area contributed by atoms with Crippen molar-refractivity contribution in [3.8, 4) is 0 Å². The van der Waals surface area contributed by atoms with Gasteiger partial charge in [0.1, 0.15) is 0 Å². The van der Waals surface area contributed by atoms with Gasteiger partial charge in [0, 0.05) is 0 Å². The van der Waals surface area contributed by atoms with Crippen molar-refractivity contribution in [2.45, 2.75) is 39.7 Å². The smallest absolute Gasteiger partial charge is 0.0577 e. The topological polar surface area (TPSA) is 12.0 Å². The Bertz CT molecular complexity index is 554. The highest BCUT2D eigenvalue weighted by molar-refractivity contribution is 5.40. The summed E-state index contributed by atoms with van der Waals surface area (Å²) in [6.45, 7) is 6.57. The summed E-state index contributed by atoms with van der Waals surface area (Å²) < 4.78 is 0. The van der Waals surface area contributed by atoms with Gasteiger partial charge >= 0.3 is 0 Å². The van der Waals surface area contributed by atoms with Crippen LogP contribution in [-0.4, -0.2) is 7.05 Å². The van der Waals surface area contributed by atoms with Gasteiger partial charge in [-0.15, -0.1) is 0 Å². The van der Waals surface area contributed by atoms with E-state index in [0.29, 0.717) is 0 Å². The summed E-state index contributed by atoms with van der Waals surface area (Å²) in [5, 5.41) is 3.48. The molecule has 2 aromatic carbocycles. The lowest BCUT2D eigenvalue weighted by Gasteiger charge is -2.21. The average molecular weight is 267 g/mol. The first-order chi connectivity index (χ1) is 9.69. The van der Waals surface area contributed by atoms with Crippen LogP contribution in [0.1, 0.15) is 47.7 Å². The highest BCUT2D eigenvalue weighted by atomic mass is 14.9. The maximum Gasteiger partial charge on any atom is 0.0577 e. The minimum absolute atomic E-state index is 0.275. The van der Waals surface area contributed by atoms with E-state index in [2.05, 4.69) is 68.6 Å². The molecule has 0 radical (unpaired) electrons.